The van der Waals surface area contributed by atoms with E-state index in [1.165, 1.54) is 6.21 Å². The third kappa shape index (κ3) is 4.88. The molecule has 0 spiro atoms. The number of fused-ring (bicyclic) bond motifs is 1. The van der Waals surface area contributed by atoms with Crippen molar-refractivity contribution in [3.63, 3.8) is 0 Å². The molecule has 0 fully saturated rings. The summed E-state index contributed by atoms with van der Waals surface area (Å²) in [7, 11) is 0. The lowest BCUT2D eigenvalue weighted by Gasteiger charge is -2.07. The molecule has 0 atom stereocenters. The quantitative estimate of drug-likeness (QED) is 0.328. The van der Waals surface area contributed by atoms with Crippen LogP contribution in [0.4, 0.5) is 0 Å². The number of hydrogen-bond acceptors (Lipinski definition) is 4. The minimum Gasteiger partial charge on any atom is -0.506 e. The third-order valence-electron chi connectivity index (χ3n) is 3.66. The van der Waals surface area contributed by atoms with E-state index in [9.17, 15) is 9.90 Å². The van der Waals surface area contributed by atoms with E-state index in [1.807, 2.05) is 42.5 Å². The van der Waals surface area contributed by atoms with Crippen molar-refractivity contribution in [3.05, 3.63) is 67.5 Å². The molecule has 0 unspecified atom stereocenters. The highest BCUT2D eigenvalue weighted by Gasteiger charge is 2.12. The lowest BCUT2D eigenvalue weighted by Crippen LogP contribution is -2.24. The number of halogens is 3. The van der Waals surface area contributed by atoms with E-state index in [-0.39, 0.29) is 12.4 Å². The summed E-state index contributed by atoms with van der Waals surface area (Å²) in [4.78, 5) is 11.9. The van der Waals surface area contributed by atoms with Gasteiger partial charge in [0.1, 0.15) is 11.5 Å². The lowest BCUT2D eigenvalue weighted by molar-refractivity contribution is -0.123. The molecule has 0 saturated heterocycles. The van der Waals surface area contributed by atoms with E-state index in [2.05, 4.69) is 58.3 Å². The molecule has 1 amide bonds. The number of aromatic hydroxyl groups is 1. The maximum Gasteiger partial charge on any atom is 0.277 e. The Hall–Kier alpha value is -1.90. The Balaban J connectivity index is 1.59. The van der Waals surface area contributed by atoms with Crippen LogP contribution in [0.15, 0.2) is 67.1 Å². The molecule has 3 rings (SSSR count). The fourth-order valence-electron chi connectivity index (χ4n) is 2.32. The molecule has 8 heteroatoms. The van der Waals surface area contributed by atoms with Crippen molar-refractivity contribution in [3.8, 4) is 11.5 Å². The standard InChI is InChI=1S/C19H13Br3N2O3/c20-15-8-16(21)19(26)18(22)14(15)9-23-24-17(25)10-27-13-6-5-11-3-1-2-4-12(11)7-13/h1-9,26H,10H2,(H,24,25). The Kier molecular flexibility index (Phi) is 6.51. The lowest BCUT2D eigenvalue weighted by atomic mass is 10.1. The monoisotopic (exact) mass is 554 g/mol. The summed E-state index contributed by atoms with van der Waals surface area (Å²) in [6.07, 6.45) is 1.42. The number of phenolic OH excluding ortho intramolecular Hbond substituents is 1. The SMILES string of the molecule is O=C(COc1ccc2ccccc2c1)NN=Cc1c(Br)cc(Br)c(O)c1Br. The third-order valence-corrected chi connectivity index (χ3v) is 5.72. The second kappa shape index (κ2) is 8.86. The molecular weight excluding hydrogens is 544 g/mol. The number of benzene rings is 3. The molecule has 0 radical (unpaired) electrons. The van der Waals surface area contributed by atoms with E-state index < -0.39 is 5.91 Å². The van der Waals surface area contributed by atoms with Crippen LogP contribution < -0.4 is 10.2 Å². The molecule has 3 aromatic rings. The molecule has 27 heavy (non-hydrogen) atoms. The van der Waals surface area contributed by atoms with E-state index in [1.54, 1.807) is 6.07 Å². The minimum absolute atomic E-state index is 0.0469. The highest BCUT2D eigenvalue weighted by Crippen LogP contribution is 2.38. The molecule has 5 nitrogen and oxygen atoms in total. The predicted molar refractivity (Wildman–Crippen MR) is 116 cm³/mol. The number of amides is 1. The van der Waals surface area contributed by atoms with Gasteiger partial charge in [0.2, 0.25) is 0 Å². The van der Waals surface area contributed by atoms with Gasteiger partial charge in [-0.1, -0.05) is 46.3 Å². The van der Waals surface area contributed by atoms with Crippen LogP contribution in [0.25, 0.3) is 10.8 Å². The van der Waals surface area contributed by atoms with Crippen LogP contribution >= 0.6 is 47.8 Å². The van der Waals surface area contributed by atoms with Crippen LogP contribution in [0.5, 0.6) is 11.5 Å². The summed E-state index contributed by atoms with van der Waals surface area (Å²) < 4.78 is 7.20. The number of carbonyl (C=O) groups is 1. The highest BCUT2D eigenvalue weighted by molar-refractivity contribution is 9.11. The molecule has 0 heterocycles. The van der Waals surface area contributed by atoms with Gasteiger partial charge in [-0.05, 0) is 60.8 Å². The maximum atomic E-state index is 11.9. The Morgan fingerprint density at radius 1 is 1.07 bits per heavy atom. The molecule has 0 aliphatic rings. The number of hydrogen-bond donors (Lipinski definition) is 2. The van der Waals surface area contributed by atoms with Gasteiger partial charge in [-0.3, -0.25) is 4.79 Å². The van der Waals surface area contributed by atoms with Gasteiger partial charge in [-0.15, -0.1) is 0 Å². The summed E-state index contributed by atoms with van der Waals surface area (Å²) in [6, 6.07) is 15.2. The van der Waals surface area contributed by atoms with Crippen molar-refractivity contribution in [2.24, 2.45) is 5.10 Å². The van der Waals surface area contributed by atoms with Gasteiger partial charge in [0.05, 0.1) is 15.2 Å². The Morgan fingerprint density at radius 2 is 1.81 bits per heavy atom. The zero-order valence-electron chi connectivity index (χ0n) is 13.7. The first-order chi connectivity index (χ1) is 13.0. The largest absolute Gasteiger partial charge is 0.506 e. The maximum absolute atomic E-state index is 11.9. The van der Waals surface area contributed by atoms with E-state index in [0.717, 1.165) is 10.8 Å². The predicted octanol–water partition coefficient (Wildman–Crippen LogP) is 5.36. The second-order valence-corrected chi connectivity index (χ2v) is 8.01. The highest BCUT2D eigenvalue weighted by atomic mass is 79.9. The van der Waals surface area contributed by atoms with E-state index in [4.69, 9.17) is 4.74 Å². The molecular formula is C19H13Br3N2O3. The zero-order chi connectivity index (χ0) is 19.4. The molecule has 0 aromatic heterocycles. The Morgan fingerprint density at radius 3 is 2.59 bits per heavy atom. The van der Waals surface area contributed by atoms with Gasteiger partial charge in [-0.25, -0.2) is 5.43 Å². The van der Waals surface area contributed by atoms with Crippen molar-refractivity contribution in [1.82, 2.24) is 5.43 Å². The summed E-state index contributed by atoms with van der Waals surface area (Å²) >= 11 is 9.91. The molecule has 138 valence electrons. The Labute approximate surface area is 180 Å². The van der Waals surface area contributed by atoms with Crippen LogP contribution in [0.3, 0.4) is 0 Å². The van der Waals surface area contributed by atoms with Gasteiger partial charge in [0.15, 0.2) is 6.61 Å². The average molecular weight is 557 g/mol. The van der Waals surface area contributed by atoms with Crippen molar-refractivity contribution in [2.45, 2.75) is 0 Å². The minimum atomic E-state index is -0.395. The molecule has 0 bridgehead atoms. The second-order valence-electron chi connectivity index (χ2n) is 5.51. The molecule has 2 N–H and O–H groups in total. The van der Waals surface area contributed by atoms with E-state index >= 15 is 0 Å². The number of hydrazone groups is 1. The van der Waals surface area contributed by atoms with Gasteiger partial charge in [0.25, 0.3) is 5.91 Å². The molecule has 0 saturated carbocycles. The first-order valence-electron chi connectivity index (χ1n) is 7.75. The van der Waals surface area contributed by atoms with Crippen molar-refractivity contribution in [2.75, 3.05) is 6.61 Å². The smallest absolute Gasteiger partial charge is 0.277 e. The average Bonchev–Trinajstić information content (AvgIpc) is 2.67. The summed E-state index contributed by atoms with van der Waals surface area (Å²) in [5, 5.41) is 16.0. The van der Waals surface area contributed by atoms with Crippen LogP contribution in [0.1, 0.15) is 5.56 Å². The van der Waals surface area contributed by atoms with Crippen LogP contribution in [0, 0.1) is 0 Å². The summed E-state index contributed by atoms with van der Waals surface area (Å²) in [5.41, 5.74) is 2.99. The number of ether oxygens (including phenoxy) is 1. The number of carbonyl (C=O) groups excluding carboxylic acids is 1. The van der Waals surface area contributed by atoms with Gasteiger partial charge in [-0.2, -0.15) is 5.10 Å². The number of nitrogens with one attached hydrogen (secondary N) is 1. The van der Waals surface area contributed by atoms with Crippen molar-refractivity contribution in [1.29, 1.82) is 0 Å². The van der Waals surface area contributed by atoms with Crippen LogP contribution in [-0.4, -0.2) is 23.8 Å². The van der Waals surface area contributed by atoms with E-state index in [0.29, 0.717) is 24.7 Å². The summed E-state index contributed by atoms with van der Waals surface area (Å²) in [5.74, 6) is 0.259. The van der Waals surface area contributed by atoms with Gasteiger partial charge < -0.3 is 9.84 Å². The summed E-state index contributed by atoms with van der Waals surface area (Å²) in [6.45, 7) is -0.163. The zero-order valence-corrected chi connectivity index (χ0v) is 18.5. The Bertz CT molecular complexity index is 1040. The first kappa shape index (κ1) is 19.9. The van der Waals surface area contributed by atoms with Crippen LogP contribution in [-0.2, 0) is 4.79 Å². The van der Waals surface area contributed by atoms with Crippen molar-refractivity contribution < 1.29 is 14.6 Å². The van der Waals surface area contributed by atoms with Gasteiger partial charge in [0, 0.05) is 10.0 Å². The van der Waals surface area contributed by atoms with Crippen molar-refractivity contribution >= 4 is 70.7 Å². The molecule has 0 aliphatic heterocycles. The number of nitrogens with zero attached hydrogens (tertiary/aromatic N) is 1. The van der Waals surface area contributed by atoms with Crippen LogP contribution in [0.2, 0.25) is 0 Å². The first-order valence-corrected chi connectivity index (χ1v) is 10.1. The number of phenols is 1. The topological polar surface area (TPSA) is 70.9 Å². The molecule has 3 aromatic carbocycles. The fraction of sp³-hybridized carbons (Fsp3) is 0.0526. The van der Waals surface area contributed by atoms with Gasteiger partial charge >= 0.3 is 0 Å². The molecule has 0 aliphatic carbocycles. The normalized spacial score (nSPS) is 11.1. The number of rotatable bonds is 5. The fourth-order valence-corrected chi connectivity index (χ4v) is 4.65.